The second kappa shape index (κ2) is 10.3. The van der Waals surface area contributed by atoms with Crippen LogP contribution in [0.3, 0.4) is 0 Å². The quantitative estimate of drug-likeness (QED) is 0.484. The van der Waals surface area contributed by atoms with Crippen molar-refractivity contribution in [1.82, 2.24) is 5.32 Å². The zero-order valence-corrected chi connectivity index (χ0v) is 12.5. The number of rotatable bonds is 9. The third kappa shape index (κ3) is 7.84. The fraction of sp³-hybridized carbons (Fsp3) is 0.467. The highest BCUT2D eigenvalue weighted by Gasteiger charge is 2.01. The summed E-state index contributed by atoms with van der Waals surface area (Å²) in [6.45, 7) is 0.690. The van der Waals surface area contributed by atoms with Gasteiger partial charge in [-0.1, -0.05) is 31.0 Å². The number of para-hydroxylation sites is 1. The van der Waals surface area contributed by atoms with E-state index in [1.165, 1.54) is 0 Å². The van der Waals surface area contributed by atoms with Crippen LogP contribution in [0.1, 0.15) is 32.1 Å². The molecule has 0 aromatic heterocycles. The Morgan fingerprint density at radius 3 is 2.35 bits per heavy atom. The molecule has 0 saturated heterocycles. The first-order chi connectivity index (χ1) is 9.72. The summed E-state index contributed by atoms with van der Waals surface area (Å²) < 4.78 is 0. The van der Waals surface area contributed by atoms with Gasteiger partial charge in [0, 0.05) is 18.7 Å². The second-order valence-corrected chi connectivity index (χ2v) is 4.90. The Hall–Kier alpha value is -1.49. The van der Waals surface area contributed by atoms with Crippen molar-refractivity contribution >= 4 is 30.1 Å². The van der Waals surface area contributed by atoms with E-state index < -0.39 is 0 Å². The minimum Gasteiger partial charge on any atom is -0.355 e. The lowest BCUT2D eigenvalue weighted by atomic mass is 10.1. The van der Waals surface area contributed by atoms with Crippen LogP contribution in [-0.2, 0) is 9.59 Å². The van der Waals surface area contributed by atoms with E-state index in [9.17, 15) is 9.59 Å². The summed E-state index contributed by atoms with van der Waals surface area (Å²) >= 11 is 3.88. The van der Waals surface area contributed by atoms with Crippen molar-refractivity contribution in [1.29, 1.82) is 0 Å². The molecule has 2 amide bonds. The van der Waals surface area contributed by atoms with Gasteiger partial charge in [-0.3, -0.25) is 9.59 Å². The number of amides is 2. The van der Waals surface area contributed by atoms with Gasteiger partial charge in [0.1, 0.15) is 0 Å². The van der Waals surface area contributed by atoms with Crippen molar-refractivity contribution in [3.8, 4) is 0 Å². The standard InChI is InChI=1S/C15H22N2O2S/c18-14(17-13-8-4-3-5-9-13)10-6-1-2-7-11-16-15(19)12-20/h3-5,8-9,20H,1-2,6-7,10-12H2,(H,16,19)(H,17,18). The van der Waals surface area contributed by atoms with Crippen LogP contribution in [0.15, 0.2) is 30.3 Å². The molecule has 0 atom stereocenters. The van der Waals surface area contributed by atoms with Crippen LogP contribution in [0.2, 0.25) is 0 Å². The molecule has 5 heteroatoms. The molecule has 0 heterocycles. The average molecular weight is 294 g/mol. The summed E-state index contributed by atoms with van der Waals surface area (Å²) in [6.07, 6.45) is 4.38. The molecule has 0 aliphatic rings. The van der Waals surface area contributed by atoms with Gasteiger partial charge in [0.25, 0.3) is 0 Å². The van der Waals surface area contributed by atoms with Crippen LogP contribution in [-0.4, -0.2) is 24.1 Å². The van der Waals surface area contributed by atoms with E-state index in [1.54, 1.807) is 0 Å². The lowest BCUT2D eigenvalue weighted by Gasteiger charge is -2.05. The first kappa shape index (κ1) is 16.6. The van der Waals surface area contributed by atoms with E-state index in [4.69, 9.17) is 0 Å². The maximum absolute atomic E-state index is 11.7. The number of hydrogen-bond donors (Lipinski definition) is 3. The average Bonchev–Trinajstić information content (AvgIpc) is 2.47. The van der Waals surface area contributed by atoms with E-state index in [-0.39, 0.29) is 17.6 Å². The van der Waals surface area contributed by atoms with Gasteiger partial charge >= 0.3 is 0 Å². The highest BCUT2D eigenvalue weighted by Crippen LogP contribution is 2.08. The van der Waals surface area contributed by atoms with E-state index in [0.717, 1.165) is 31.4 Å². The Morgan fingerprint density at radius 1 is 0.950 bits per heavy atom. The number of carbonyl (C=O) groups excluding carboxylic acids is 2. The second-order valence-electron chi connectivity index (χ2n) is 4.59. The lowest BCUT2D eigenvalue weighted by molar-refractivity contribution is -0.118. The minimum atomic E-state index is -0.0319. The Kier molecular flexibility index (Phi) is 8.54. The summed E-state index contributed by atoms with van der Waals surface area (Å²) in [7, 11) is 0. The predicted octanol–water partition coefficient (Wildman–Crippen LogP) is 2.62. The number of benzene rings is 1. The summed E-state index contributed by atoms with van der Waals surface area (Å²) in [5, 5.41) is 5.63. The number of anilines is 1. The van der Waals surface area contributed by atoms with Crippen molar-refractivity contribution in [2.75, 3.05) is 17.6 Å². The molecule has 0 aliphatic carbocycles. The molecule has 4 nitrogen and oxygen atoms in total. The zero-order valence-electron chi connectivity index (χ0n) is 11.6. The van der Waals surface area contributed by atoms with E-state index >= 15 is 0 Å². The molecule has 0 spiro atoms. The first-order valence-corrected chi connectivity index (χ1v) is 7.58. The van der Waals surface area contributed by atoms with Gasteiger partial charge in [0.2, 0.25) is 11.8 Å². The van der Waals surface area contributed by atoms with Crippen molar-refractivity contribution in [3.63, 3.8) is 0 Å². The molecular formula is C15H22N2O2S. The lowest BCUT2D eigenvalue weighted by Crippen LogP contribution is -2.25. The predicted molar refractivity (Wildman–Crippen MR) is 85.0 cm³/mol. The van der Waals surface area contributed by atoms with Crippen molar-refractivity contribution < 1.29 is 9.59 Å². The molecule has 1 aromatic carbocycles. The maximum atomic E-state index is 11.7. The Balaban J connectivity index is 1.98. The molecule has 0 unspecified atom stereocenters. The molecule has 0 saturated carbocycles. The summed E-state index contributed by atoms with van der Waals surface area (Å²) in [5.41, 5.74) is 0.840. The van der Waals surface area contributed by atoms with E-state index in [2.05, 4.69) is 23.3 Å². The fourth-order valence-corrected chi connectivity index (χ4v) is 1.90. The number of hydrogen-bond acceptors (Lipinski definition) is 3. The minimum absolute atomic E-state index is 0.0319. The van der Waals surface area contributed by atoms with Gasteiger partial charge in [-0.05, 0) is 25.0 Å². The zero-order chi connectivity index (χ0) is 14.6. The van der Waals surface area contributed by atoms with E-state index in [1.807, 2.05) is 30.3 Å². The van der Waals surface area contributed by atoms with Crippen molar-refractivity contribution in [3.05, 3.63) is 30.3 Å². The fourth-order valence-electron chi connectivity index (χ4n) is 1.79. The van der Waals surface area contributed by atoms with Crippen LogP contribution in [0.5, 0.6) is 0 Å². The van der Waals surface area contributed by atoms with Crippen molar-refractivity contribution in [2.45, 2.75) is 32.1 Å². The van der Waals surface area contributed by atoms with Gasteiger partial charge in [-0.25, -0.2) is 0 Å². The van der Waals surface area contributed by atoms with Gasteiger partial charge in [0.05, 0.1) is 5.75 Å². The highest BCUT2D eigenvalue weighted by atomic mass is 32.1. The SMILES string of the molecule is O=C(CS)NCCCCCCC(=O)Nc1ccccc1. The maximum Gasteiger partial charge on any atom is 0.229 e. The normalized spacial score (nSPS) is 10.1. The first-order valence-electron chi connectivity index (χ1n) is 6.95. The van der Waals surface area contributed by atoms with Gasteiger partial charge in [-0.15, -0.1) is 0 Å². The molecular weight excluding hydrogens is 272 g/mol. The molecule has 20 heavy (non-hydrogen) atoms. The molecule has 0 aliphatic heterocycles. The molecule has 1 rings (SSSR count). The highest BCUT2D eigenvalue weighted by molar-refractivity contribution is 7.81. The third-order valence-electron chi connectivity index (χ3n) is 2.85. The van der Waals surface area contributed by atoms with Gasteiger partial charge in [-0.2, -0.15) is 12.6 Å². The Labute approximate surface area is 125 Å². The van der Waals surface area contributed by atoms with Crippen LogP contribution in [0, 0.1) is 0 Å². The molecule has 0 fully saturated rings. The largest absolute Gasteiger partial charge is 0.355 e. The number of unbranched alkanes of at least 4 members (excludes halogenated alkanes) is 3. The van der Waals surface area contributed by atoms with E-state index in [0.29, 0.717) is 13.0 Å². The number of thiol groups is 1. The molecule has 1 aromatic rings. The van der Waals surface area contributed by atoms with Crippen LogP contribution in [0.4, 0.5) is 5.69 Å². The van der Waals surface area contributed by atoms with Gasteiger partial charge < -0.3 is 10.6 Å². The Morgan fingerprint density at radius 2 is 1.65 bits per heavy atom. The molecule has 0 radical (unpaired) electrons. The monoisotopic (exact) mass is 294 g/mol. The third-order valence-corrected chi connectivity index (χ3v) is 3.14. The topological polar surface area (TPSA) is 58.2 Å². The molecule has 2 N–H and O–H groups in total. The summed E-state index contributed by atoms with van der Waals surface area (Å²) in [6, 6.07) is 9.47. The molecule has 0 bridgehead atoms. The number of carbonyl (C=O) groups is 2. The summed E-state index contributed by atoms with van der Waals surface area (Å²) in [4.78, 5) is 22.6. The van der Waals surface area contributed by atoms with Gasteiger partial charge in [0.15, 0.2) is 0 Å². The number of nitrogens with one attached hydrogen (secondary N) is 2. The van der Waals surface area contributed by atoms with Crippen molar-refractivity contribution in [2.24, 2.45) is 0 Å². The summed E-state index contributed by atoms with van der Waals surface area (Å²) in [5.74, 6) is 0.259. The Bertz CT molecular complexity index is 410. The van der Waals surface area contributed by atoms with Crippen LogP contribution < -0.4 is 10.6 Å². The molecule has 110 valence electrons. The van der Waals surface area contributed by atoms with Crippen LogP contribution in [0.25, 0.3) is 0 Å². The van der Waals surface area contributed by atoms with Crippen LogP contribution >= 0.6 is 12.6 Å². The smallest absolute Gasteiger partial charge is 0.229 e.